The lowest BCUT2D eigenvalue weighted by molar-refractivity contribution is 0.664. The summed E-state index contributed by atoms with van der Waals surface area (Å²) in [5.74, 6) is 0.212. The fraction of sp³-hybridized carbons (Fsp3) is 0.417. The van der Waals surface area contributed by atoms with Crippen molar-refractivity contribution in [3.05, 3.63) is 40.4 Å². The number of hydrogen-bond acceptors (Lipinski definition) is 0. The predicted octanol–water partition coefficient (Wildman–Crippen LogP) is 3.93. The second-order valence-corrected chi connectivity index (χ2v) is 3.73. The third-order valence-electron chi connectivity index (χ3n) is 2.04. The van der Waals surface area contributed by atoms with Gasteiger partial charge in [0.25, 0.3) is 0 Å². The van der Waals surface area contributed by atoms with E-state index in [2.05, 4.69) is 19.6 Å². The SMILES string of the molecule is CC1=C=C(C(C)C)C(C)=CC(F)=C1. The quantitative estimate of drug-likeness (QED) is 0.534. The molecule has 0 spiro atoms. The van der Waals surface area contributed by atoms with Gasteiger partial charge in [0.1, 0.15) is 5.83 Å². The maximum absolute atomic E-state index is 13.1. The van der Waals surface area contributed by atoms with E-state index in [0.29, 0.717) is 5.92 Å². The van der Waals surface area contributed by atoms with Crippen molar-refractivity contribution < 1.29 is 4.39 Å². The molecule has 0 aromatic rings. The normalized spacial score (nSPS) is 17.4. The highest BCUT2D eigenvalue weighted by Gasteiger charge is 2.08. The van der Waals surface area contributed by atoms with Crippen LogP contribution in [0, 0.1) is 5.92 Å². The average Bonchev–Trinajstić information content (AvgIpc) is 2.09. The Morgan fingerprint density at radius 2 is 1.85 bits per heavy atom. The van der Waals surface area contributed by atoms with Crippen molar-refractivity contribution in [2.24, 2.45) is 5.92 Å². The molecule has 0 aliphatic heterocycles. The van der Waals surface area contributed by atoms with Gasteiger partial charge in [0.15, 0.2) is 0 Å². The molecule has 0 fully saturated rings. The molecule has 70 valence electrons. The molecule has 0 aromatic carbocycles. The molecule has 0 bridgehead atoms. The molecular formula is C12H15F. The molecule has 13 heavy (non-hydrogen) atoms. The Labute approximate surface area is 79.2 Å². The molecule has 0 aromatic heterocycles. The molecule has 1 heteroatoms. The fourth-order valence-corrected chi connectivity index (χ4v) is 1.48. The van der Waals surface area contributed by atoms with Crippen molar-refractivity contribution in [2.75, 3.05) is 0 Å². The lowest BCUT2D eigenvalue weighted by Gasteiger charge is -2.07. The van der Waals surface area contributed by atoms with E-state index < -0.39 is 0 Å². The molecular weight excluding hydrogens is 163 g/mol. The smallest absolute Gasteiger partial charge is 0.124 e. The predicted molar refractivity (Wildman–Crippen MR) is 54.0 cm³/mol. The van der Waals surface area contributed by atoms with Crippen molar-refractivity contribution >= 4 is 0 Å². The molecule has 0 heterocycles. The first-order valence-corrected chi connectivity index (χ1v) is 4.54. The van der Waals surface area contributed by atoms with Gasteiger partial charge in [0.2, 0.25) is 0 Å². The Hall–Kier alpha value is -1.07. The highest BCUT2D eigenvalue weighted by Crippen LogP contribution is 2.23. The molecule has 1 rings (SSSR count). The van der Waals surface area contributed by atoms with Gasteiger partial charge >= 0.3 is 0 Å². The van der Waals surface area contributed by atoms with E-state index in [4.69, 9.17) is 0 Å². The minimum absolute atomic E-state index is 0.182. The third-order valence-corrected chi connectivity index (χ3v) is 2.04. The molecule has 0 saturated heterocycles. The first kappa shape index (κ1) is 10.0. The van der Waals surface area contributed by atoms with Crippen LogP contribution in [0.25, 0.3) is 0 Å². The lowest BCUT2D eigenvalue weighted by Crippen LogP contribution is -1.93. The monoisotopic (exact) mass is 178 g/mol. The number of hydrogen-bond donors (Lipinski definition) is 0. The van der Waals surface area contributed by atoms with Crippen LogP contribution in [-0.4, -0.2) is 0 Å². The van der Waals surface area contributed by atoms with Crippen LogP contribution in [0.15, 0.2) is 40.4 Å². The largest absolute Gasteiger partial charge is 0.207 e. The van der Waals surface area contributed by atoms with Gasteiger partial charge < -0.3 is 0 Å². The molecule has 0 unspecified atom stereocenters. The van der Waals surface area contributed by atoms with E-state index >= 15 is 0 Å². The Balaban J connectivity index is 3.24. The van der Waals surface area contributed by atoms with Crippen LogP contribution < -0.4 is 0 Å². The summed E-state index contributed by atoms with van der Waals surface area (Å²) in [4.78, 5) is 0. The van der Waals surface area contributed by atoms with Gasteiger partial charge in [-0.15, -0.1) is 5.73 Å². The zero-order valence-electron chi connectivity index (χ0n) is 8.61. The van der Waals surface area contributed by atoms with Crippen molar-refractivity contribution in [3.8, 4) is 0 Å². The van der Waals surface area contributed by atoms with Gasteiger partial charge in [0, 0.05) is 0 Å². The van der Waals surface area contributed by atoms with Crippen molar-refractivity contribution in [3.63, 3.8) is 0 Å². The minimum atomic E-state index is -0.182. The zero-order valence-corrected chi connectivity index (χ0v) is 8.61. The van der Waals surface area contributed by atoms with E-state index in [1.54, 1.807) is 6.08 Å². The molecule has 0 N–H and O–H groups in total. The maximum atomic E-state index is 13.1. The Bertz CT molecular complexity index is 334. The van der Waals surface area contributed by atoms with Crippen LogP contribution in [0.1, 0.15) is 27.7 Å². The molecule has 0 amide bonds. The van der Waals surface area contributed by atoms with Crippen molar-refractivity contribution in [1.82, 2.24) is 0 Å². The van der Waals surface area contributed by atoms with Gasteiger partial charge in [0.05, 0.1) is 0 Å². The third kappa shape index (κ3) is 2.43. The number of halogens is 1. The summed E-state index contributed by atoms with van der Waals surface area (Å²) in [5.41, 5.74) is 6.13. The van der Waals surface area contributed by atoms with Crippen LogP contribution in [0.2, 0.25) is 0 Å². The topological polar surface area (TPSA) is 0 Å². The summed E-state index contributed by atoms with van der Waals surface area (Å²) in [5, 5.41) is 0. The molecule has 0 radical (unpaired) electrons. The van der Waals surface area contributed by atoms with Gasteiger partial charge in [-0.2, -0.15) is 0 Å². The van der Waals surface area contributed by atoms with E-state index in [1.165, 1.54) is 6.08 Å². The second-order valence-electron chi connectivity index (χ2n) is 3.73. The number of rotatable bonds is 1. The van der Waals surface area contributed by atoms with E-state index in [1.807, 2.05) is 13.8 Å². The molecule has 0 saturated carbocycles. The summed E-state index contributed by atoms with van der Waals surface area (Å²) in [6.45, 7) is 7.98. The summed E-state index contributed by atoms with van der Waals surface area (Å²) in [6.07, 6.45) is 3.08. The van der Waals surface area contributed by atoms with Crippen LogP contribution >= 0.6 is 0 Å². The Morgan fingerprint density at radius 1 is 1.23 bits per heavy atom. The van der Waals surface area contributed by atoms with Gasteiger partial charge in [-0.3, -0.25) is 0 Å². The van der Waals surface area contributed by atoms with Crippen LogP contribution in [0.4, 0.5) is 4.39 Å². The first-order valence-electron chi connectivity index (χ1n) is 4.54. The minimum Gasteiger partial charge on any atom is -0.207 e. The average molecular weight is 178 g/mol. The summed E-state index contributed by atoms with van der Waals surface area (Å²) < 4.78 is 13.1. The summed E-state index contributed by atoms with van der Waals surface area (Å²) >= 11 is 0. The highest BCUT2D eigenvalue weighted by molar-refractivity contribution is 5.41. The van der Waals surface area contributed by atoms with Crippen molar-refractivity contribution in [2.45, 2.75) is 27.7 Å². The van der Waals surface area contributed by atoms with Crippen LogP contribution in [0.3, 0.4) is 0 Å². The summed E-state index contributed by atoms with van der Waals surface area (Å²) in [6, 6.07) is 0. The molecule has 0 atom stereocenters. The molecule has 1 aliphatic rings. The highest BCUT2D eigenvalue weighted by atomic mass is 19.1. The Morgan fingerprint density at radius 3 is 2.38 bits per heavy atom. The molecule has 1 aliphatic carbocycles. The van der Waals surface area contributed by atoms with Crippen molar-refractivity contribution in [1.29, 1.82) is 0 Å². The van der Waals surface area contributed by atoms with E-state index in [9.17, 15) is 4.39 Å². The number of allylic oxidation sites excluding steroid dienone is 5. The zero-order chi connectivity index (χ0) is 10.0. The maximum Gasteiger partial charge on any atom is 0.124 e. The fourth-order valence-electron chi connectivity index (χ4n) is 1.48. The van der Waals surface area contributed by atoms with E-state index in [-0.39, 0.29) is 5.83 Å². The first-order chi connectivity index (χ1) is 6.00. The standard InChI is InChI=1S/C12H15F/c1-8(2)12-6-9(3)5-11(13)7-10(12)4/h5,7-8H,1-4H3. The van der Waals surface area contributed by atoms with E-state index in [0.717, 1.165) is 16.7 Å². The Kier molecular flexibility index (Phi) is 2.90. The van der Waals surface area contributed by atoms with Crippen LogP contribution in [-0.2, 0) is 0 Å². The summed E-state index contributed by atoms with van der Waals surface area (Å²) in [7, 11) is 0. The van der Waals surface area contributed by atoms with Crippen LogP contribution in [0.5, 0.6) is 0 Å². The molecule has 0 nitrogen and oxygen atoms in total. The lowest BCUT2D eigenvalue weighted by atomic mass is 9.97. The second kappa shape index (κ2) is 3.76. The van der Waals surface area contributed by atoms with Gasteiger partial charge in [-0.05, 0) is 48.6 Å². The van der Waals surface area contributed by atoms with Gasteiger partial charge in [-0.1, -0.05) is 13.8 Å². The van der Waals surface area contributed by atoms with Gasteiger partial charge in [-0.25, -0.2) is 4.39 Å².